The average Bonchev–Trinajstić information content (AvgIpc) is 3.49. The maximum absolute atomic E-state index is 14.6. The molecule has 0 radical (unpaired) electrons. The summed E-state index contributed by atoms with van der Waals surface area (Å²) in [4.78, 5) is 13.9. The number of nitrogens with two attached hydrogens (primary N) is 1. The van der Waals surface area contributed by atoms with Gasteiger partial charge < -0.3 is 15.0 Å². The number of nitrogens with zero attached hydrogens (tertiary/aromatic N) is 5. The summed E-state index contributed by atoms with van der Waals surface area (Å²) in [5.41, 5.74) is 8.82. The minimum Gasteiger partial charge on any atom is -0.396 e. The van der Waals surface area contributed by atoms with Crippen LogP contribution in [0.15, 0.2) is 30.9 Å². The van der Waals surface area contributed by atoms with Crippen LogP contribution >= 0.6 is 22.6 Å². The first-order chi connectivity index (χ1) is 16.6. The molecule has 1 aliphatic carbocycles. The van der Waals surface area contributed by atoms with E-state index in [-0.39, 0.29) is 16.9 Å². The van der Waals surface area contributed by atoms with E-state index in [4.69, 9.17) is 20.4 Å². The number of nitrogen functional groups attached to an aromatic ring is 1. The summed E-state index contributed by atoms with van der Waals surface area (Å²) in [7, 11) is -1.19. The van der Waals surface area contributed by atoms with Crippen molar-refractivity contribution in [3.05, 3.63) is 52.0 Å². The van der Waals surface area contributed by atoms with E-state index >= 15 is 0 Å². The highest BCUT2D eigenvalue weighted by atomic mass is 127. The summed E-state index contributed by atoms with van der Waals surface area (Å²) in [6.07, 6.45) is 7.20. The number of benzene rings is 1. The van der Waals surface area contributed by atoms with Crippen LogP contribution < -0.4 is 5.73 Å². The maximum Gasteiger partial charge on any atom is 0.176 e. The standard InChI is InChI=1S/C24H27F2IN6OSi/c1-35(2,3)9-8-34-13-32-12-30-21(14-4-5-14)23(32)22-18-10-29-17(11-33(18)24(27)31-22)19-15(25)6-7-16(28)20(19)26/h6-7,10-12,14H,4-5,8-9,13,28H2,1-3H3. The zero-order chi connectivity index (χ0) is 24.9. The Morgan fingerprint density at radius 1 is 1.20 bits per heavy atom. The van der Waals surface area contributed by atoms with Crippen LogP contribution in [0.3, 0.4) is 0 Å². The topological polar surface area (TPSA) is 83.3 Å². The molecule has 3 heterocycles. The highest BCUT2D eigenvalue weighted by molar-refractivity contribution is 14.1. The first-order valence-corrected chi connectivity index (χ1v) is 16.3. The lowest BCUT2D eigenvalue weighted by atomic mass is 10.1. The van der Waals surface area contributed by atoms with Crippen LogP contribution in [0.1, 0.15) is 24.5 Å². The molecule has 2 N–H and O–H groups in total. The molecule has 1 fully saturated rings. The Morgan fingerprint density at radius 3 is 2.69 bits per heavy atom. The fourth-order valence-electron chi connectivity index (χ4n) is 4.01. The van der Waals surface area contributed by atoms with Gasteiger partial charge in [-0.3, -0.25) is 9.38 Å². The Kier molecular flexibility index (Phi) is 6.42. The fourth-order valence-corrected chi connectivity index (χ4v) is 5.40. The van der Waals surface area contributed by atoms with Crippen LogP contribution in [0.4, 0.5) is 14.5 Å². The number of hydrogen-bond donors (Lipinski definition) is 1. The zero-order valence-electron chi connectivity index (χ0n) is 19.9. The lowest BCUT2D eigenvalue weighted by molar-refractivity contribution is 0.0881. The first-order valence-electron chi connectivity index (χ1n) is 11.5. The summed E-state index contributed by atoms with van der Waals surface area (Å²) in [5.74, 6) is -1.13. The predicted octanol–water partition coefficient (Wildman–Crippen LogP) is 5.91. The van der Waals surface area contributed by atoms with Crippen LogP contribution in [-0.4, -0.2) is 38.6 Å². The molecule has 0 amide bonds. The van der Waals surface area contributed by atoms with Gasteiger partial charge in [-0.15, -0.1) is 0 Å². The van der Waals surface area contributed by atoms with E-state index in [1.54, 1.807) is 16.8 Å². The molecule has 4 aromatic rings. The monoisotopic (exact) mass is 608 g/mol. The van der Waals surface area contributed by atoms with Gasteiger partial charge >= 0.3 is 0 Å². The van der Waals surface area contributed by atoms with E-state index in [9.17, 15) is 8.78 Å². The minimum absolute atomic E-state index is 0.128. The Balaban J connectivity index is 1.55. The van der Waals surface area contributed by atoms with E-state index < -0.39 is 19.7 Å². The first kappa shape index (κ1) is 24.3. The van der Waals surface area contributed by atoms with E-state index in [2.05, 4.69) is 47.2 Å². The number of aromatic nitrogens is 5. The van der Waals surface area contributed by atoms with Gasteiger partial charge in [0.15, 0.2) is 9.65 Å². The SMILES string of the molecule is C[Si](C)(C)CCOCn1cnc(C2CC2)c1-c1nc(I)n2cc(-c3c(F)ccc(N)c3F)ncc12. The molecule has 0 spiro atoms. The molecule has 0 aliphatic heterocycles. The normalized spacial score (nSPS) is 14.2. The summed E-state index contributed by atoms with van der Waals surface area (Å²) >= 11 is 2.12. The average molecular weight is 609 g/mol. The van der Waals surface area contributed by atoms with Gasteiger partial charge in [0.05, 0.1) is 46.4 Å². The minimum atomic E-state index is -1.19. The van der Waals surface area contributed by atoms with Crippen molar-refractivity contribution in [3.8, 4) is 22.6 Å². The summed E-state index contributed by atoms with van der Waals surface area (Å²) < 4.78 is 39.6. The molecule has 184 valence electrons. The lowest BCUT2D eigenvalue weighted by Gasteiger charge is -2.16. The van der Waals surface area contributed by atoms with Crippen molar-refractivity contribution in [1.82, 2.24) is 23.9 Å². The number of rotatable bonds is 8. The molecule has 0 unspecified atom stereocenters. The molecule has 3 aromatic heterocycles. The Bertz CT molecular complexity index is 1410. The Morgan fingerprint density at radius 2 is 1.97 bits per heavy atom. The van der Waals surface area contributed by atoms with Gasteiger partial charge in [-0.05, 0) is 31.0 Å². The third kappa shape index (κ3) is 4.85. The van der Waals surface area contributed by atoms with Gasteiger partial charge in [0.25, 0.3) is 0 Å². The molecule has 0 bridgehead atoms. The second-order valence-corrected chi connectivity index (χ2v) is 16.7. The number of fused-ring (bicyclic) bond motifs is 1. The van der Waals surface area contributed by atoms with E-state index in [1.807, 2.05) is 10.9 Å². The van der Waals surface area contributed by atoms with Gasteiger partial charge in [-0.1, -0.05) is 19.6 Å². The molecule has 1 saturated carbocycles. The zero-order valence-corrected chi connectivity index (χ0v) is 23.0. The molecule has 1 aromatic carbocycles. The van der Waals surface area contributed by atoms with E-state index in [0.29, 0.717) is 23.1 Å². The molecule has 7 nitrogen and oxygen atoms in total. The van der Waals surface area contributed by atoms with Gasteiger partial charge in [-0.2, -0.15) is 0 Å². The molecule has 0 atom stereocenters. The van der Waals surface area contributed by atoms with Crippen LogP contribution in [0.5, 0.6) is 0 Å². The fraction of sp³-hybridized carbons (Fsp3) is 0.375. The summed E-state index contributed by atoms with van der Waals surface area (Å²) in [5, 5.41) is 0. The van der Waals surface area contributed by atoms with E-state index in [1.165, 1.54) is 6.07 Å². The van der Waals surface area contributed by atoms with Crippen molar-refractivity contribution in [1.29, 1.82) is 0 Å². The quantitative estimate of drug-likeness (QED) is 0.116. The second kappa shape index (κ2) is 9.25. The van der Waals surface area contributed by atoms with Crippen molar-refractivity contribution < 1.29 is 13.5 Å². The van der Waals surface area contributed by atoms with Crippen molar-refractivity contribution in [2.75, 3.05) is 12.3 Å². The predicted molar refractivity (Wildman–Crippen MR) is 143 cm³/mol. The number of anilines is 1. The number of ether oxygens (including phenoxy) is 1. The molecule has 11 heteroatoms. The third-order valence-electron chi connectivity index (χ3n) is 6.14. The lowest BCUT2D eigenvalue weighted by Crippen LogP contribution is -2.22. The molecular formula is C24H27F2IN6OSi. The Labute approximate surface area is 216 Å². The maximum atomic E-state index is 14.6. The third-order valence-corrected chi connectivity index (χ3v) is 8.61. The van der Waals surface area contributed by atoms with Crippen molar-refractivity contribution in [2.24, 2.45) is 0 Å². The molecule has 5 rings (SSSR count). The van der Waals surface area contributed by atoms with Crippen molar-refractivity contribution >= 4 is 41.9 Å². The molecule has 1 aliphatic rings. The molecular weight excluding hydrogens is 581 g/mol. The van der Waals surface area contributed by atoms with Crippen molar-refractivity contribution in [2.45, 2.75) is 51.2 Å². The van der Waals surface area contributed by atoms with Crippen LogP contribution in [-0.2, 0) is 11.5 Å². The van der Waals surface area contributed by atoms with Gasteiger partial charge in [0.1, 0.15) is 18.2 Å². The Hall–Kier alpha value is -2.38. The van der Waals surface area contributed by atoms with Gasteiger partial charge in [-0.25, -0.2) is 18.7 Å². The van der Waals surface area contributed by atoms with Crippen molar-refractivity contribution in [3.63, 3.8) is 0 Å². The smallest absolute Gasteiger partial charge is 0.176 e. The highest BCUT2D eigenvalue weighted by Gasteiger charge is 2.32. The highest BCUT2D eigenvalue weighted by Crippen LogP contribution is 2.44. The molecule has 35 heavy (non-hydrogen) atoms. The van der Waals surface area contributed by atoms with Crippen LogP contribution in [0.25, 0.3) is 28.2 Å². The number of halogens is 3. The summed E-state index contributed by atoms with van der Waals surface area (Å²) in [6, 6.07) is 3.44. The largest absolute Gasteiger partial charge is 0.396 e. The summed E-state index contributed by atoms with van der Waals surface area (Å²) in [6.45, 7) is 8.07. The number of imidazole rings is 2. The molecule has 0 saturated heterocycles. The van der Waals surface area contributed by atoms with Gasteiger partial charge in [0.2, 0.25) is 0 Å². The van der Waals surface area contributed by atoms with E-state index in [0.717, 1.165) is 47.6 Å². The van der Waals surface area contributed by atoms with Gasteiger partial charge in [0, 0.05) is 49.4 Å². The number of hydrogen-bond acceptors (Lipinski definition) is 5. The van der Waals surface area contributed by atoms with Crippen LogP contribution in [0, 0.1) is 15.5 Å². The van der Waals surface area contributed by atoms with Crippen LogP contribution in [0.2, 0.25) is 25.7 Å². The second-order valence-electron chi connectivity index (χ2n) is 10.2.